The van der Waals surface area contributed by atoms with Crippen LogP contribution >= 0.6 is 0 Å². The van der Waals surface area contributed by atoms with Crippen LogP contribution in [0.25, 0.3) is 0 Å². The molecular formula is C21H43N3O4. The van der Waals surface area contributed by atoms with Crippen molar-refractivity contribution < 1.29 is 19.3 Å². The number of hydrogen-bond donors (Lipinski definition) is 1. The fourth-order valence-corrected chi connectivity index (χ4v) is 2.52. The molecule has 0 aromatic carbocycles. The maximum Gasteiger partial charge on any atom is 0.341 e. The predicted octanol–water partition coefficient (Wildman–Crippen LogP) is 3.81. The molecule has 0 aliphatic rings. The minimum absolute atomic E-state index is 0.106. The van der Waals surface area contributed by atoms with Crippen LogP contribution < -0.4 is 5.73 Å². The zero-order valence-corrected chi connectivity index (χ0v) is 18.6. The third kappa shape index (κ3) is 13.9. The minimum Gasteiger partial charge on any atom is -0.368 e. The van der Waals surface area contributed by atoms with E-state index in [0.717, 1.165) is 64.5 Å². The summed E-state index contributed by atoms with van der Waals surface area (Å²) < 4.78 is 0. The lowest BCUT2D eigenvalue weighted by Crippen LogP contribution is -2.39. The van der Waals surface area contributed by atoms with Crippen molar-refractivity contribution in [3.05, 3.63) is 0 Å². The summed E-state index contributed by atoms with van der Waals surface area (Å²) in [6.07, 6.45) is 8.37. The molecule has 166 valence electrons. The molecule has 7 heteroatoms. The number of hydroxylamine groups is 4. The summed E-state index contributed by atoms with van der Waals surface area (Å²) >= 11 is 0. The van der Waals surface area contributed by atoms with Gasteiger partial charge in [0.15, 0.2) is 0 Å². The number of nitrogens with zero attached hydrogens (tertiary/aromatic N) is 2. The Bertz CT molecular complexity index is 391. The summed E-state index contributed by atoms with van der Waals surface area (Å²) in [5.74, 6) is -0.821. The van der Waals surface area contributed by atoms with Gasteiger partial charge in [-0.15, -0.1) is 10.1 Å². The van der Waals surface area contributed by atoms with Crippen molar-refractivity contribution in [3.8, 4) is 0 Å². The summed E-state index contributed by atoms with van der Waals surface area (Å²) in [7, 11) is 0. The molecule has 0 saturated heterocycles. The number of rotatable bonds is 18. The summed E-state index contributed by atoms with van der Waals surface area (Å²) in [5.41, 5.74) is 5.94. The lowest BCUT2D eigenvalue weighted by molar-refractivity contribution is -0.194. The highest BCUT2D eigenvalue weighted by Crippen LogP contribution is 2.07. The lowest BCUT2D eigenvalue weighted by atomic mass is 10.2. The Kier molecular flexibility index (Phi) is 17.1. The number of unbranched alkanes of at least 4 members (excludes halogenated alkanes) is 4. The van der Waals surface area contributed by atoms with E-state index in [1.54, 1.807) is 10.1 Å². The summed E-state index contributed by atoms with van der Waals surface area (Å²) in [6, 6.07) is -0.821. The van der Waals surface area contributed by atoms with Gasteiger partial charge in [0.25, 0.3) is 0 Å². The quantitative estimate of drug-likeness (QED) is 0.349. The summed E-state index contributed by atoms with van der Waals surface area (Å²) in [5, 5.41) is 3.43. The van der Waals surface area contributed by atoms with E-state index >= 15 is 0 Å². The molecule has 0 aliphatic carbocycles. The highest BCUT2D eigenvalue weighted by molar-refractivity contribution is 5.76. The van der Waals surface area contributed by atoms with Crippen LogP contribution in [0.3, 0.4) is 0 Å². The van der Waals surface area contributed by atoms with E-state index in [9.17, 15) is 9.59 Å². The largest absolute Gasteiger partial charge is 0.368 e. The van der Waals surface area contributed by atoms with Gasteiger partial charge in [-0.2, -0.15) is 0 Å². The van der Waals surface area contributed by atoms with Gasteiger partial charge in [-0.3, -0.25) is 4.79 Å². The number of carbonyl (C=O) groups excluding carboxylic acids is 2. The first-order valence-electron chi connectivity index (χ1n) is 11.2. The zero-order chi connectivity index (χ0) is 21.2. The Morgan fingerprint density at radius 1 is 0.750 bits per heavy atom. The van der Waals surface area contributed by atoms with E-state index in [2.05, 4.69) is 27.7 Å². The zero-order valence-electron chi connectivity index (χ0n) is 18.6. The van der Waals surface area contributed by atoms with Gasteiger partial charge < -0.3 is 15.4 Å². The molecular weight excluding hydrogens is 358 g/mol. The molecule has 28 heavy (non-hydrogen) atoms. The first-order chi connectivity index (χ1) is 13.5. The van der Waals surface area contributed by atoms with Gasteiger partial charge in [-0.05, 0) is 32.1 Å². The van der Waals surface area contributed by atoms with Crippen molar-refractivity contribution in [2.45, 2.75) is 97.9 Å². The predicted molar refractivity (Wildman–Crippen MR) is 112 cm³/mol. The maximum absolute atomic E-state index is 12.2. The van der Waals surface area contributed by atoms with Crippen molar-refractivity contribution in [1.29, 1.82) is 0 Å². The fraction of sp³-hybridized carbons (Fsp3) is 0.905. The van der Waals surface area contributed by atoms with Crippen molar-refractivity contribution in [1.82, 2.24) is 10.1 Å². The minimum atomic E-state index is -0.821. The van der Waals surface area contributed by atoms with Crippen LogP contribution in [0.15, 0.2) is 0 Å². The Morgan fingerprint density at radius 3 is 1.54 bits per heavy atom. The van der Waals surface area contributed by atoms with Crippen LogP contribution in [-0.2, 0) is 19.3 Å². The number of hydrogen-bond acceptors (Lipinski definition) is 7. The van der Waals surface area contributed by atoms with Gasteiger partial charge in [0.1, 0.15) is 6.04 Å². The van der Waals surface area contributed by atoms with Gasteiger partial charge >= 0.3 is 11.9 Å². The van der Waals surface area contributed by atoms with E-state index in [-0.39, 0.29) is 18.8 Å². The average molecular weight is 402 g/mol. The third-order valence-corrected chi connectivity index (χ3v) is 4.46. The number of nitrogens with two attached hydrogens (primary N) is 1. The van der Waals surface area contributed by atoms with E-state index < -0.39 is 12.0 Å². The molecule has 0 spiro atoms. The maximum atomic E-state index is 12.2. The molecule has 1 atom stereocenters. The first-order valence-corrected chi connectivity index (χ1v) is 11.2. The van der Waals surface area contributed by atoms with E-state index in [1.165, 1.54) is 0 Å². The molecule has 2 N–H and O–H groups in total. The Hall–Kier alpha value is -1.18. The topological polar surface area (TPSA) is 85.1 Å². The first kappa shape index (κ1) is 26.8. The highest BCUT2D eigenvalue weighted by Gasteiger charge is 2.21. The van der Waals surface area contributed by atoms with Gasteiger partial charge in [-0.25, -0.2) is 4.79 Å². The lowest BCUT2D eigenvalue weighted by Gasteiger charge is -2.23. The fourth-order valence-electron chi connectivity index (χ4n) is 2.52. The normalized spacial score (nSPS) is 12.4. The number of carbonyl (C=O) groups is 2. The molecule has 0 rings (SSSR count). The van der Waals surface area contributed by atoms with Gasteiger partial charge in [-0.1, -0.05) is 53.4 Å². The third-order valence-electron chi connectivity index (χ3n) is 4.46. The standard InChI is InChI=1S/C21H43N3O4/c1-5-9-15-23(16-10-6-2)27-20(25)14-13-19(22)21(26)28-24(17-11-7-3)18-12-8-4/h19H,5-18,22H2,1-4H3/t19-/m0/s1. The van der Waals surface area contributed by atoms with Gasteiger partial charge in [0.2, 0.25) is 0 Å². The highest BCUT2D eigenvalue weighted by atomic mass is 16.7. The molecule has 0 fully saturated rings. The smallest absolute Gasteiger partial charge is 0.341 e. The molecule has 0 heterocycles. The van der Waals surface area contributed by atoms with Gasteiger partial charge in [0.05, 0.1) is 0 Å². The van der Waals surface area contributed by atoms with Crippen LogP contribution in [0.1, 0.15) is 91.9 Å². The molecule has 0 bridgehead atoms. The second kappa shape index (κ2) is 17.9. The van der Waals surface area contributed by atoms with E-state index in [1.807, 2.05) is 0 Å². The van der Waals surface area contributed by atoms with Gasteiger partial charge in [0, 0.05) is 32.6 Å². The molecule has 7 nitrogen and oxygen atoms in total. The molecule has 0 saturated carbocycles. The van der Waals surface area contributed by atoms with Crippen molar-refractivity contribution in [3.63, 3.8) is 0 Å². The molecule has 0 amide bonds. The van der Waals surface area contributed by atoms with Crippen molar-refractivity contribution in [2.75, 3.05) is 26.2 Å². The average Bonchev–Trinajstić information content (AvgIpc) is 2.69. The monoisotopic (exact) mass is 401 g/mol. The molecule has 0 unspecified atom stereocenters. The van der Waals surface area contributed by atoms with Crippen molar-refractivity contribution in [2.24, 2.45) is 5.73 Å². The van der Waals surface area contributed by atoms with E-state index in [4.69, 9.17) is 15.4 Å². The Labute approximate surface area is 171 Å². The van der Waals surface area contributed by atoms with E-state index in [0.29, 0.717) is 13.1 Å². The molecule has 0 aromatic heterocycles. The molecule has 0 radical (unpaired) electrons. The second-order valence-corrected chi connectivity index (χ2v) is 7.29. The summed E-state index contributed by atoms with van der Waals surface area (Å²) in [4.78, 5) is 35.3. The van der Waals surface area contributed by atoms with Crippen LogP contribution in [0.2, 0.25) is 0 Å². The van der Waals surface area contributed by atoms with Crippen LogP contribution in [0, 0.1) is 0 Å². The van der Waals surface area contributed by atoms with Crippen LogP contribution in [0.5, 0.6) is 0 Å². The van der Waals surface area contributed by atoms with Crippen LogP contribution in [0.4, 0.5) is 0 Å². The second-order valence-electron chi connectivity index (χ2n) is 7.29. The summed E-state index contributed by atoms with van der Waals surface area (Å²) in [6.45, 7) is 11.3. The molecule has 0 aromatic rings. The Morgan fingerprint density at radius 2 is 1.14 bits per heavy atom. The SMILES string of the molecule is CCCCN(CCCC)OC(=O)CC[C@H](N)C(=O)ON(CCCC)CCCC. The van der Waals surface area contributed by atoms with Crippen LogP contribution in [-0.4, -0.2) is 54.3 Å². The molecule has 0 aliphatic heterocycles. The van der Waals surface area contributed by atoms with Crippen molar-refractivity contribution >= 4 is 11.9 Å². The Balaban J connectivity index is 4.36.